The van der Waals surface area contributed by atoms with E-state index in [1.807, 2.05) is 32.0 Å². The maximum absolute atomic E-state index is 12.3. The second-order valence-electron chi connectivity index (χ2n) is 7.36. The largest absolute Gasteiger partial charge is 0.494 e. The lowest BCUT2D eigenvalue weighted by molar-refractivity contribution is -0.128. The summed E-state index contributed by atoms with van der Waals surface area (Å²) in [7, 11) is 0. The lowest BCUT2D eigenvalue weighted by Crippen LogP contribution is -2.47. The fourth-order valence-corrected chi connectivity index (χ4v) is 2.93. The van der Waals surface area contributed by atoms with Crippen molar-refractivity contribution >= 4 is 11.8 Å². The Hall–Kier alpha value is -3.02. The van der Waals surface area contributed by atoms with Gasteiger partial charge < -0.3 is 9.47 Å². The van der Waals surface area contributed by atoms with E-state index in [1.54, 1.807) is 31.2 Å². The maximum atomic E-state index is 12.3. The van der Waals surface area contributed by atoms with Crippen LogP contribution in [0.2, 0.25) is 0 Å². The number of hydrazine groups is 1. The van der Waals surface area contributed by atoms with Crippen molar-refractivity contribution in [2.75, 3.05) is 6.61 Å². The molecular formula is C24H32N2O4. The molecule has 1 unspecified atom stereocenters. The summed E-state index contributed by atoms with van der Waals surface area (Å²) >= 11 is 0. The first-order valence-corrected chi connectivity index (χ1v) is 10.5. The van der Waals surface area contributed by atoms with Crippen molar-refractivity contribution in [3.63, 3.8) is 0 Å². The number of nitrogens with one attached hydrogen (secondary N) is 2. The predicted octanol–water partition coefficient (Wildman–Crippen LogP) is 4.49. The van der Waals surface area contributed by atoms with Crippen LogP contribution in [-0.2, 0) is 4.79 Å². The summed E-state index contributed by atoms with van der Waals surface area (Å²) in [6, 6.07) is 12.6. The molecule has 0 radical (unpaired) electrons. The third-order valence-corrected chi connectivity index (χ3v) is 4.75. The van der Waals surface area contributed by atoms with E-state index in [0.717, 1.165) is 29.7 Å². The first kappa shape index (κ1) is 23.3. The topological polar surface area (TPSA) is 76.7 Å². The van der Waals surface area contributed by atoms with E-state index < -0.39 is 17.9 Å². The van der Waals surface area contributed by atoms with Crippen LogP contribution in [0.4, 0.5) is 0 Å². The van der Waals surface area contributed by atoms with E-state index in [-0.39, 0.29) is 0 Å². The Kier molecular flexibility index (Phi) is 9.19. The average Bonchev–Trinajstić information content (AvgIpc) is 2.74. The zero-order chi connectivity index (χ0) is 21.9. The molecular weight excluding hydrogens is 380 g/mol. The average molecular weight is 413 g/mol. The normalized spacial score (nSPS) is 11.5. The van der Waals surface area contributed by atoms with Crippen LogP contribution in [0.25, 0.3) is 0 Å². The third kappa shape index (κ3) is 7.10. The van der Waals surface area contributed by atoms with Crippen molar-refractivity contribution in [3.05, 3.63) is 59.2 Å². The SMILES string of the molecule is CCCCCCOc1ccc(C(=O)NNC(=O)C(C)Oc2c(C)cccc2C)cc1. The maximum Gasteiger partial charge on any atom is 0.279 e. The van der Waals surface area contributed by atoms with Gasteiger partial charge in [0.15, 0.2) is 6.10 Å². The molecule has 0 heterocycles. The van der Waals surface area contributed by atoms with Gasteiger partial charge in [0, 0.05) is 5.56 Å². The van der Waals surface area contributed by atoms with Gasteiger partial charge in [-0.15, -0.1) is 0 Å². The van der Waals surface area contributed by atoms with E-state index >= 15 is 0 Å². The Morgan fingerprint density at radius 3 is 2.23 bits per heavy atom. The smallest absolute Gasteiger partial charge is 0.279 e. The second-order valence-corrected chi connectivity index (χ2v) is 7.36. The van der Waals surface area contributed by atoms with Gasteiger partial charge in [0.25, 0.3) is 11.8 Å². The lowest BCUT2D eigenvalue weighted by Gasteiger charge is -2.18. The van der Waals surface area contributed by atoms with Crippen LogP contribution in [0.5, 0.6) is 11.5 Å². The highest BCUT2D eigenvalue weighted by Crippen LogP contribution is 2.23. The molecule has 0 aromatic heterocycles. The zero-order valence-corrected chi connectivity index (χ0v) is 18.3. The summed E-state index contributed by atoms with van der Waals surface area (Å²) in [6.07, 6.45) is 3.82. The molecule has 0 saturated heterocycles. The van der Waals surface area contributed by atoms with Gasteiger partial charge in [-0.1, -0.05) is 44.4 Å². The standard InChI is InChI=1S/C24H32N2O4/c1-5-6-7-8-16-29-21-14-12-20(13-15-21)24(28)26-25-23(27)19(4)30-22-17(2)10-9-11-18(22)3/h9-15,19H,5-8,16H2,1-4H3,(H,25,27)(H,26,28). The van der Waals surface area contributed by atoms with E-state index in [1.165, 1.54) is 12.8 Å². The van der Waals surface area contributed by atoms with Crippen LogP contribution in [0.1, 0.15) is 61.0 Å². The van der Waals surface area contributed by atoms with Crippen LogP contribution in [0.15, 0.2) is 42.5 Å². The minimum absolute atomic E-state index is 0.405. The molecule has 2 N–H and O–H groups in total. The van der Waals surface area contributed by atoms with Gasteiger partial charge in [0.05, 0.1) is 6.61 Å². The van der Waals surface area contributed by atoms with E-state index in [0.29, 0.717) is 17.9 Å². The molecule has 1 atom stereocenters. The number of carbonyl (C=O) groups excluding carboxylic acids is 2. The van der Waals surface area contributed by atoms with Gasteiger partial charge in [0.2, 0.25) is 0 Å². The number of para-hydroxylation sites is 1. The summed E-state index contributed by atoms with van der Waals surface area (Å²) in [5, 5.41) is 0. The summed E-state index contributed by atoms with van der Waals surface area (Å²) in [5.41, 5.74) is 7.16. The van der Waals surface area contributed by atoms with Crippen LogP contribution in [-0.4, -0.2) is 24.5 Å². The monoisotopic (exact) mass is 412 g/mol. The van der Waals surface area contributed by atoms with Crippen LogP contribution in [0, 0.1) is 13.8 Å². The molecule has 0 aliphatic carbocycles. The molecule has 6 nitrogen and oxygen atoms in total. The van der Waals surface area contributed by atoms with Gasteiger partial charge in [-0.3, -0.25) is 20.4 Å². The van der Waals surface area contributed by atoms with Crippen LogP contribution >= 0.6 is 0 Å². The molecule has 2 aromatic carbocycles. The molecule has 6 heteroatoms. The quantitative estimate of drug-likeness (QED) is 0.445. The van der Waals surface area contributed by atoms with Crippen molar-refractivity contribution in [2.24, 2.45) is 0 Å². The molecule has 2 amide bonds. The summed E-state index contributed by atoms with van der Waals surface area (Å²) in [4.78, 5) is 24.6. The third-order valence-electron chi connectivity index (χ3n) is 4.75. The first-order chi connectivity index (χ1) is 14.4. The highest BCUT2D eigenvalue weighted by atomic mass is 16.5. The Bertz CT molecular complexity index is 813. The molecule has 2 aromatic rings. The molecule has 2 rings (SSSR count). The molecule has 162 valence electrons. The Labute approximate surface area is 178 Å². The van der Waals surface area contributed by atoms with Gasteiger partial charge in [-0.2, -0.15) is 0 Å². The molecule has 0 spiro atoms. The van der Waals surface area contributed by atoms with Crippen molar-refractivity contribution < 1.29 is 19.1 Å². The highest BCUT2D eigenvalue weighted by Gasteiger charge is 2.17. The molecule has 0 aliphatic rings. The number of benzene rings is 2. The van der Waals surface area contributed by atoms with E-state index in [9.17, 15) is 9.59 Å². The fourth-order valence-electron chi connectivity index (χ4n) is 2.93. The predicted molar refractivity (Wildman–Crippen MR) is 118 cm³/mol. The number of unbranched alkanes of at least 4 members (excludes halogenated alkanes) is 3. The molecule has 0 bridgehead atoms. The first-order valence-electron chi connectivity index (χ1n) is 10.5. The molecule has 30 heavy (non-hydrogen) atoms. The number of ether oxygens (including phenoxy) is 2. The number of rotatable bonds is 10. The van der Waals surface area contributed by atoms with Crippen molar-refractivity contribution in [3.8, 4) is 11.5 Å². The minimum Gasteiger partial charge on any atom is -0.494 e. The number of amides is 2. The summed E-state index contributed by atoms with van der Waals surface area (Å²) < 4.78 is 11.4. The Morgan fingerprint density at radius 1 is 0.933 bits per heavy atom. The molecule has 0 fully saturated rings. The number of aryl methyl sites for hydroxylation is 2. The number of hydrogen-bond acceptors (Lipinski definition) is 4. The van der Waals surface area contributed by atoms with Crippen molar-refractivity contribution in [1.29, 1.82) is 0 Å². The second kappa shape index (κ2) is 11.9. The van der Waals surface area contributed by atoms with Crippen LogP contribution < -0.4 is 20.3 Å². The van der Waals surface area contributed by atoms with Crippen molar-refractivity contribution in [1.82, 2.24) is 10.9 Å². The van der Waals surface area contributed by atoms with E-state index in [2.05, 4.69) is 17.8 Å². The van der Waals surface area contributed by atoms with Gasteiger partial charge in [-0.05, 0) is 62.6 Å². The Balaban J connectivity index is 1.79. The molecule has 0 aliphatic heterocycles. The van der Waals surface area contributed by atoms with Crippen molar-refractivity contribution in [2.45, 2.75) is 59.5 Å². The number of carbonyl (C=O) groups is 2. The lowest BCUT2D eigenvalue weighted by atomic mass is 10.1. The summed E-state index contributed by atoms with van der Waals surface area (Å²) in [5.74, 6) is 0.564. The Morgan fingerprint density at radius 2 is 1.60 bits per heavy atom. The van der Waals surface area contributed by atoms with Crippen LogP contribution in [0.3, 0.4) is 0 Å². The summed E-state index contributed by atoms with van der Waals surface area (Å²) in [6.45, 7) is 8.33. The van der Waals surface area contributed by atoms with Gasteiger partial charge in [-0.25, -0.2) is 0 Å². The molecule has 0 saturated carbocycles. The van der Waals surface area contributed by atoms with Gasteiger partial charge in [0.1, 0.15) is 11.5 Å². The van der Waals surface area contributed by atoms with E-state index in [4.69, 9.17) is 9.47 Å². The minimum atomic E-state index is -0.756. The fraction of sp³-hybridized carbons (Fsp3) is 0.417. The zero-order valence-electron chi connectivity index (χ0n) is 18.3. The highest BCUT2D eigenvalue weighted by molar-refractivity contribution is 5.95. The van der Waals surface area contributed by atoms with Gasteiger partial charge >= 0.3 is 0 Å². The number of hydrogen-bond donors (Lipinski definition) is 2.